The average Bonchev–Trinajstić information content (AvgIpc) is 3.36. The lowest BCUT2D eigenvalue weighted by atomic mass is 10.2. The number of thiazole rings is 1. The molecule has 3 rings (SSSR count). The summed E-state index contributed by atoms with van der Waals surface area (Å²) >= 11 is 3.15. The van der Waals surface area contributed by atoms with Gasteiger partial charge >= 0.3 is 5.97 Å². The second-order valence-corrected chi connectivity index (χ2v) is 6.92. The molecule has 0 unspecified atom stereocenters. The van der Waals surface area contributed by atoms with Crippen LogP contribution in [0, 0.1) is 0 Å². The Morgan fingerprint density at radius 3 is 2.38 bits per heavy atom. The summed E-state index contributed by atoms with van der Waals surface area (Å²) in [5.74, 6) is 0.724. The molecule has 6 nitrogen and oxygen atoms in total. The van der Waals surface area contributed by atoms with Crippen molar-refractivity contribution in [3.63, 3.8) is 0 Å². The van der Waals surface area contributed by atoms with Crippen LogP contribution in [0.1, 0.15) is 16.1 Å². The maximum absolute atomic E-state index is 12.4. The van der Waals surface area contributed by atoms with E-state index in [0.29, 0.717) is 28.5 Å². The summed E-state index contributed by atoms with van der Waals surface area (Å²) < 4.78 is 21.1. The number of hydrogen-bond donors (Lipinski definition) is 0. The van der Waals surface area contributed by atoms with Gasteiger partial charge < -0.3 is 18.9 Å². The van der Waals surface area contributed by atoms with E-state index >= 15 is 0 Å². The van der Waals surface area contributed by atoms with Crippen molar-refractivity contribution in [1.82, 2.24) is 4.98 Å². The average molecular weight is 391 g/mol. The van der Waals surface area contributed by atoms with Gasteiger partial charge in [-0.2, -0.15) is 0 Å². The minimum Gasteiger partial charge on any atom is -0.493 e. The fourth-order valence-electron chi connectivity index (χ4n) is 2.31. The standard InChI is InChI=1S/C18H17NO5S2/c1-21-13-7-11(8-14(22-2)16(13)23-3)18(20)24-9-12-10-26-17(19-12)15-5-4-6-25-15/h4-8,10H,9H2,1-3H3. The van der Waals surface area contributed by atoms with E-state index in [1.807, 2.05) is 22.9 Å². The molecule has 0 spiro atoms. The van der Waals surface area contributed by atoms with Crippen molar-refractivity contribution in [1.29, 1.82) is 0 Å². The molecule has 0 atom stereocenters. The van der Waals surface area contributed by atoms with Crippen molar-refractivity contribution in [3.05, 3.63) is 46.3 Å². The normalized spacial score (nSPS) is 10.4. The highest BCUT2D eigenvalue weighted by Gasteiger charge is 2.18. The van der Waals surface area contributed by atoms with Gasteiger partial charge in [0.05, 0.1) is 37.5 Å². The van der Waals surface area contributed by atoms with Crippen molar-refractivity contribution in [2.45, 2.75) is 6.61 Å². The minimum absolute atomic E-state index is 0.0946. The molecule has 0 aliphatic heterocycles. The Morgan fingerprint density at radius 1 is 1.08 bits per heavy atom. The molecule has 0 bridgehead atoms. The molecule has 0 N–H and O–H groups in total. The number of benzene rings is 1. The van der Waals surface area contributed by atoms with E-state index in [4.69, 9.17) is 18.9 Å². The van der Waals surface area contributed by atoms with Crippen LogP contribution in [0.3, 0.4) is 0 Å². The number of nitrogens with zero attached hydrogens (tertiary/aromatic N) is 1. The molecule has 0 saturated heterocycles. The van der Waals surface area contributed by atoms with Crippen LogP contribution in [0.2, 0.25) is 0 Å². The third-order valence-electron chi connectivity index (χ3n) is 3.54. The number of thiophene rings is 1. The highest BCUT2D eigenvalue weighted by Crippen LogP contribution is 2.38. The largest absolute Gasteiger partial charge is 0.493 e. The molecule has 1 aromatic carbocycles. The van der Waals surface area contributed by atoms with Crippen molar-refractivity contribution < 1.29 is 23.7 Å². The molecule has 2 aromatic heterocycles. The van der Waals surface area contributed by atoms with Crippen molar-refractivity contribution >= 4 is 28.6 Å². The third kappa shape index (κ3) is 3.81. The third-order valence-corrected chi connectivity index (χ3v) is 5.47. The van der Waals surface area contributed by atoms with Crippen molar-refractivity contribution in [3.8, 4) is 27.1 Å². The van der Waals surface area contributed by atoms with Gasteiger partial charge in [0, 0.05) is 5.38 Å². The van der Waals surface area contributed by atoms with E-state index in [-0.39, 0.29) is 6.61 Å². The van der Waals surface area contributed by atoms with Gasteiger partial charge in [-0.05, 0) is 23.6 Å². The first-order valence-electron chi connectivity index (χ1n) is 7.61. The summed E-state index contributed by atoms with van der Waals surface area (Å²) in [5, 5.41) is 4.80. The van der Waals surface area contributed by atoms with E-state index in [9.17, 15) is 4.79 Å². The molecule has 3 aromatic rings. The quantitative estimate of drug-likeness (QED) is 0.561. The number of hydrogen-bond acceptors (Lipinski definition) is 8. The number of aromatic nitrogens is 1. The Morgan fingerprint density at radius 2 is 1.81 bits per heavy atom. The van der Waals surface area contributed by atoms with Crippen LogP contribution < -0.4 is 14.2 Å². The van der Waals surface area contributed by atoms with Gasteiger partial charge in [-0.1, -0.05) is 6.07 Å². The molecule has 0 aliphatic carbocycles. The zero-order chi connectivity index (χ0) is 18.5. The first-order valence-corrected chi connectivity index (χ1v) is 9.37. The van der Waals surface area contributed by atoms with Crippen LogP contribution in [0.25, 0.3) is 9.88 Å². The summed E-state index contributed by atoms with van der Waals surface area (Å²) in [4.78, 5) is 18.0. The molecule has 136 valence electrons. The first kappa shape index (κ1) is 18.2. The van der Waals surface area contributed by atoms with Gasteiger partial charge in [0.15, 0.2) is 11.5 Å². The zero-order valence-electron chi connectivity index (χ0n) is 14.5. The van der Waals surface area contributed by atoms with E-state index in [1.165, 1.54) is 32.7 Å². The van der Waals surface area contributed by atoms with Crippen LogP contribution in [0.4, 0.5) is 0 Å². The van der Waals surface area contributed by atoms with Crippen LogP contribution in [0.5, 0.6) is 17.2 Å². The number of rotatable bonds is 7. The van der Waals surface area contributed by atoms with Crippen molar-refractivity contribution in [2.24, 2.45) is 0 Å². The number of esters is 1. The highest BCUT2D eigenvalue weighted by atomic mass is 32.1. The van der Waals surface area contributed by atoms with Gasteiger partial charge in [0.2, 0.25) is 5.75 Å². The summed E-state index contributed by atoms with van der Waals surface area (Å²) in [6, 6.07) is 7.10. The zero-order valence-corrected chi connectivity index (χ0v) is 16.1. The molecule has 0 aliphatic rings. The van der Waals surface area contributed by atoms with Crippen molar-refractivity contribution in [2.75, 3.05) is 21.3 Å². The van der Waals surface area contributed by atoms with Crippen LogP contribution in [-0.2, 0) is 11.3 Å². The number of carbonyl (C=O) groups excluding carboxylic acids is 1. The van der Waals surface area contributed by atoms with Gasteiger partial charge in [-0.25, -0.2) is 9.78 Å². The topological polar surface area (TPSA) is 66.9 Å². The molecule has 0 amide bonds. The predicted octanol–water partition coefficient (Wildman–Crippen LogP) is 4.25. The van der Waals surface area contributed by atoms with E-state index < -0.39 is 5.97 Å². The Kier molecular flexibility index (Phi) is 5.75. The van der Waals surface area contributed by atoms with E-state index in [1.54, 1.807) is 23.5 Å². The SMILES string of the molecule is COc1cc(C(=O)OCc2csc(-c3cccs3)n2)cc(OC)c1OC. The predicted molar refractivity (Wildman–Crippen MR) is 101 cm³/mol. The van der Waals surface area contributed by atoms with Gasteiger partial charge in [-0.15, -0.1) is 22.7 Å². The second-order valence-electron chi connectivity index (χ2n) is 5.11. The lowest BCUT2D eigenvalue weighted by molar-refractivity contribution is 0.0467. The molecule has 2 heterocycles. The molecule has 26 heavy (non-hydrogen) atoms. The highest BCUT2D eigenvalue weighted by molar-refractivity contribution is 7.20. The lowest BCUT2D eigenvalue weighted by Crippen LogP contribution is -2.07. The summed E-state index contributed by atoms with van der Waals surface area (Å²) in [5.41, 5.74) is 1.02. The summed E-state index contributed by atoms with van der Waals surface area (Å²) in [7, 11) is 4.49. The Labute approximate surface area is 158 Å². The molecular weight excluding hydrogens is 374 g/mol. The fraction of sp³-hybridized carbons (Fsp3) is 0.222. The minimum atomic E-state index is -0.491. The summed E-state index contributed by atoms with van der Waals surface area (Å²) in [6.45, 7) is 0.0946. The molecular formula is C18H17NO5S2. The van der Waals surface area contributed by atoms with Crippen LogP contribution >= 0.6 is 22.7 Å². The second kappa shape index (κ2) is 8.20. The fourth-order valence-corrected chi connectivity index (χ4v) is 3.93. The molecule has 8 heteroatoms. The first-order chi connectivity index (χ1) is 12.7. The number of ether oxygens (including phenoxy) is 4. The van der Waals surface area contributed by atoms with Gasteiger partial charge in [-0.3, -0.25) is 0 Å². The maximum Gasteiger partial charge on any atom is 0.338 e. The van der Waals surface area contributed by atoms with Crippen LogP contribution in [0.15, 0.2) is 35.0 Å². The van der Waals surface area contributed by atoms with Gasteiger partial charge in [0.1, 0.15) is 11.6 Å². The molecule has 0 saturated carbocycles. The number of carbonyl (C=O) groups is 1. The van der Waals surface area contributed by atoms with Crippen LogP contribution in [-0.4, -0.2) is 32.3 Å². The summed E-state index contributed by atoms with van der Waals surface area (Å²) in [6.07, 6.45) is 0. The monoisotopic (exact) mass is 391 g/mol. The lowest BCUT2D eigenvalue weighted by Gasteiger charge is -2.13. The Hall–Kier alpha value is -2.58. The van der Waals surface area contributed by atoms with Gasteiger partial charge in [0.25, 0.3) is 0 Å². The Balaban J connectivity index is 1.72. The number of methoxy groups -OCH3 is 3. The Bertz CT molecular complexity index is 864. The van der Waals surface area contributed by atoms with E-state index in [0.717, 1.165) is 9.88 Å². The maximum atomic E-state index is 12.4. The molecule has 0 radical (unpaired) electrons. The molecule has 0 fully saturated rings. The smallest absolute Gasteiger partial charge is 0.338 e. The van der Waals surface area contributed by atoms with E-state index in [2.05, 4.69) is 4.98 Å².